The van der Waals surface area contributed by atoms with Crippen molar-refractivity contribution in [2.75, 3.05) is 0 Å². The zero-order chi connectivity index (χ0) is 21.9. The van der Waals surface area contributed by atoms with E-state index in [1.807, 2.05) is 36.4 Å². The van der Waals surface area contributed by atoms with Gasteiger partial charge in [0.1, 0.15) is 6.10 Å². The lowest BCUT2D eigenvalue weighted by Gasteiger charge is -2.46. The van der Waals surface area contributed by atoms with Gasteiger partial charge >= 0.3 is 5.97 Å². The van der Waals surface area contributed by atoms with Crippen LogP contribution in [0.5, 0.6) is 0 Å². The molecule has 4 atom stereocenters. The molecular formula is C24H30O5Si. The fourth-order valence-electron chi connectivity index (χ4n) is 4.22. The highest BCUT2D eigenvalue weighted by Crippen LogP contribution is 2.39. The van der Waals surface area contributed by atoms with E-state index in [9.17, 15) is 15.0 Å². The van der Waals surface area contributed by atoms with Crippen molar-refractivity contribution in [2.45, 2.75) is 56.6 Å². The highest BCUT2D eigenvalue weighted by Gasteiger charge is 2.55. The molecule has 30 heavy (non-hydrogen) atoms. The monoisotopic (exact) mass is 426 g/mol. The molecule has 5 nitrogen and oxygen atoms in total. The molecular weight excluding hydrogens is 396 g/mol. The molecule has 0 saturated carbocycles. The Labute approximate surface area is 179 Å². The molecule has 1 aliphatic heterocycles. The second kappa shape index (κ2) is 8.86. The Morgan fingerprint density at radius 3 is 1.93 bits per heavy atom. The summed E-state index contributed by atoms with van der Waals surface area (Å²) in [5, 5.41) is 22.3. The highest BCUT2D eigenvalue weighted by atomic mass is 28.4. The molecule has 1 heterocycles. The maximum Gasteiger partial charge on any atom is 0.338 e. The van der Waals surface area contributed by atoms with E-state index in [1.165, 1.54) is 0 Å². The van der Waals surface area contributed by atoms with Gasteiger partial charge in [-0.1, -0.05) is 87.5 Å². The predicted octanol–water partition coefficient (Wildman–Crippen LogP) is 2.15. The molecule has 3 rings (SSSR count). The van der Waals surface area contributed by atoms with Gasteiger partial charge in [-0.2, -0.15) is 0 Å². The third kappa shape index (κ3) is 4.00. The van der Waals surface area contributed by atoms with Gasteiger partial charge in [-0.25, -0.2) is 4.79 Å². The SMILES string of the molecule is C=CC[C@H](O[Si](c1ccccc1)(c1ccccc1)C(C)(C)C)[C@H]1OC(=O)[C@@H](O)[C@H]1O. The molecule has 0 unspecified atom stereocenters. The van der Waals surface area contributed by atoms with E-state index < -0.39 is 38.7 Å². The van der Waals surface area contributed by atoms with E-state index in [2.05, 4.69) is 51.6 Å². The number of esters is 1. The topological polar surface area (TPSA) is 76.0 Å². The summed E-state index contributed by atoms with van der Waals surface area (Å²) >= 11 is 0. The smallest absolute Gasteiger partial charge is 0.338 e. The average Bonchev–Trinajstić information content (AvgIpc) is 2.99. The van der Waals surface area contributed by atoms with Crippen molar-refractivity contribution < 1.29 is 24.2 Å². The van der Waals surface area contributed by atoms with Gasteiger partial charge in [-0.05, 0) is 21.8 Å². The van der Waals surface area contributed by atoms with Gasteiger partial charge in [0.25, 0.3) is 8.32 Å². The molecule has 1 aliphatic rings. The van der Waals surface area contributed by atoms with Crippen molar-refractivity contribution >= 4 is 24.7 Å². The molecule has 0 radical (unpaired) electrons. The van der Waals surface area contributed by atoms with Gasteiger partial charge in [0.15, 0.2) is 12.2 Å². The van der Waals surface area contributed by atoms with Crippen LogP contribution in [0.4, 0.5) is 0 Å². The summed E-state index contributed by atoms with van der Waals surface area (Å²) < 4.78 is 12.3. The number of hydrogen-bond acceptors (Lipinski definition) is 5. The molecule has 160 valence electrons. The van der Waals surface area contributed by atoms with Crippen LogP contribution in [0.2, 0.25) is 5.04 Å². The van der Waals surface area contributed by atoms with Crippen molar-refractivity contribution in [1.29, 1.82) is 0 Å². The van der Waals surface area contributed by atoms with Gasteiger partial charge in [0.05, 0.1) is 6.10 Å². The van der Waals surface area contributed by atoms with Crippen molar-refractivity contribution in [3.8, 4) is 0 Å². The minimum Gasteiger partial charge on any atom is -0.455 e. The number of carbonyl (C=O) groups is 1. The molecule has 2 aromatic carbocycles. The Kier molecular flexibility index (Phi) is 6.62. The number of hydrogen-bond donors (Lipinski definition) is 2. The van der Waals surface area contributed by atoms with Crippen LogP contribution in [0.15, 0.2) is 73.3 Å². The van der Waals surface area contributed by atoms with Gasteiger partial charge in [-0.15, -0.1) is 6.58 Å². The number of cyclic esters (lactones) is 1. The minimum atomic E-state index is -2.92. The largest absolute Gasteiger partial charge is 0.455 e. The maximum atomic E-state index is 11.9. The molecule has 2 N–H and O–H groups in total. The second-order valence-electron chi connectivity index (χ2n) is 8.68. The van der Waals surface area contributed by atoms with Crippen LogP contribution in [0.3, 0.4) is 0 Å². The minimum absolute atomic E-state index is 0.276. The average molecular weight is 427 g/mol. The van der Waals surface area contributed by atoms with Gasteiger partial charge in [-0.3, -0.25) is 0 Å². The molecule has 0 aromatic heterocycles. The van der Waals surface area contributed by atoms with Crippen LogP contribution in [-0.4, -0.2) is 48.9 Å². The fraction of sp³-hybridized carbons (Fsp3) is 0.375. The van der Waals surface area contributed by atoms with E-state index in [4.69, 9.17) is 9.16 Å². The number of carbonyl (C=O) groups excluding carboxylic acids is 1. The van der Waals surface area contributed by atoms with Crippen molar-refractivity contribution in [3.05, 3.63) is 73.3 Å². The van der Waals surface area contributed by atoms with Crippen LogP contribution in [0.25, 0.3) is 0 Å². The first-order valence-electron chi connectivity index (χ1n) is 10.2. The van der Waals surface area contributed by atoms with E-state index in [0.29, 0.717) is 6.42 Å². The van der Waals surface area contributed by atoms with E-state index >= 15 is 0 Å². The van der Waals surface area contributed by atoms with E-state index in [0.717, 1.165) is 10.4 Å². The summed E-state index contributed by atoms with van der Waals surface area (Å²) in [6, 6.07) is 20.2. The number of benzene rings is 2. The van der Waals surface area contributed by atoms with Crippen LogP contribution in [-0.2, 0) is 14.0 Å². The third-order valence-corrected chi connectivity index (χ3v) is 10.7. The molecule has 6 heteroatoms. The Hall–Kier alpha value is -2.25. The molecule has 1 saturated heterocycles. The van der Waals surface area contributed by atoms with Gasteiger partial charge in [0, 0.05) is 0 Å². The van der Waals surface area contributed by atoms with Gasteiger partial charge in [0.2, 0.25) is 0 Å². The number of ether oxygens (including phenoxy) is 1. The second-order valence-corrected chi connectivity index (χ2v) is 12.9. The third-order valence-electron chi connectivity index (χ3n) is 5.66. The first-order valence-corrected chi connectivity index (χ1v) is 12.1. The summed E-state index contributed by atoms with van der Waals surface area (Å²) in [7, 11) is -2.92. The summed E-state index contributed by atoms with van der Waals surface area (Å²) in [5.74, 6) is -0.826. The number of aliphatic hydroxyl groups is 2. The molecule has 1 fully saturated rings. The number of rotatable bonds is 7. The van der Waals surface area contributed by atoms with Crippen molar-refractivity contribution in [1.82, 2.24) is 0 Å². The van der Waals surface area contributed by atoms with Gasteiger partial charge < -0.3 is 19.4 Å². The quantitative estimate of drug-likeness (QED) is 0.403. The summed E-state index contributed by atoms with van der Waals surface area (Å²) in [5.41, 5.74) is 0. The zero-order valence-electron chi connectivity index (χ0n) is 17.7. The standard InChI is InChI=1S/C24H30O5Si/c1-5-12-19(22-20(25)21(26)23(27)28-22)29-30(24(2,3)4,17-13-8-6-9-14-17)18-15-10-7-11-16-18/h5-11,13-16,19-22,25-26H,1,12H2,2-4H3/t19-,20+,21-,22+/m0/s1. The normalized spacial score (nSPS) is 23.1. The molecule has 2 aromatic rings. The zero-order valence-corrected chi connectivity index (χ0v) is 18.7. The first kappa shape index (κ1) is 22.4. The Morgan fingerprint density at radius 1 is 1.07 bits per heavy atom. The lowest BCUT2D eigenvalue weighted by molar-refractivity contribution is -0.150. The fourth-order valence-corrected chi connectivity index (χ4v) is 8.92. The van der Waals surface area contributed by atoms with Crippen LogP contribution < -0.4 is 10.4 Å². The Morgan fingerprint density at radius 2 is 1.57 bits per heavy atom. The highest BCUT2D eigenvalue weighted by molar-refractivity contribution is 6.99. The Bertz CT molecular complexity index is 823. The first-order chi connectivity index (χ1) is 14.2. The summed E-state index contributed by atoms with van der Waals surface area (Å²) in [6.07, 6.45) is -2.47. The van der Waals surface area contributed by atoms with Crippen LogP contribution in [0, 0.1) is 0 Å². The van der Waals surface area contributed by atoms with Crippen molar-refractivity contribution in [3.63, 3.8) is 0 Å². The predicted molar refractivity (Wildman–Crippen MR) is 119 cm³/mol. The molecule has 0 bridgehead atoms. The van der Waals surface area contributed by atoms with E-state index in [-0.39, 0.29) is 5.04 Å². The number of aliphatic hydroxyl groups excluding tert-OH is 2. The maximum absolute atomic E-state index is 11.9. The lowest BCUT2D eigenvalue weighted by atomic mass is 10.0. The molecule has 0 spiro atoms. The van der Waals surface area contributed by atoms with Crippen molar-refractivity contribution in [2.24, 2.45) is 0 Å². The molecule has 0 aliphatic carbocycles. The van der Waals surface area contributed by atoms with E-state index in [1.54, 1.807) is 6.08 Å². The summed E-state index contributed by atoms with van der Waals surface area (Å²) in [4.78, 5) is 11.9. The lowest BCUT2D eigenvalue weighted by Crippen LogP contribution is -2.68. The molecule has 0 amide bonds. The summed E-state index contributed by atoms with van der Waals surface area (Å²) in [6.45, 7) is 10.3. The van der Waals surface area contributed by atoms with Crippen LogP contribution in [0.1, 0.15) is 27.2 Å². The van der Waals surface area contributed by atoms with Crippen LogP contribution >= 0.6 is 0 Å². The Balaban J connectivity index is 2.16.